The minimum atomic E-state index is 0.180. The standard InChI is InChI=1S/C21H26N4O/c26-21(17-7-2-1-6-16(17)15-8-10-22-12-15)25-11-9-19-18(13-25)20(24-23-19)14-4-3-5-14/h1-2,6-7,14-15,22H,3-5,8-13H2,(H,23,24)/t15-/m0/s1. The summed E-state index contributed by atoms with van der Waals surface area (Å²) in [6.45, 7) is 3.49. The number of hydrogen-bond acceptors (Lipinski definition) is 3. The molecule has 5 rings (SSSR count). The van der Waals surface area contributed by atoms with Crippen LogP contribution in [0.5, 0.6) is 0 Å². The molecule has 0 spiro atoms. The van der Waals surface area contributed by atoms with Gasteiger partial charge < -0.3 is 10.2 Å². The molecule has 1 aromatic heterocycles. The third kappa shape index (κ3) is 2.65. The first-order valence-electron chi connectivity index (χ1n) is 9.96. The van der Waals surface area contributed by atoms with E-state index in [-0.39, 0.29) is 5.91 Å². The Hall–Kier alpha value is -2.14. The predicted octanol–water partition coefficient (Wildman–Crippen LogP) is 2.95. The first-order valence-corrected chi connectivity index (χ1v) is 9.96. The fourth-order valence-electron chi connectivity index (χ4n) is 4.65. The molecule has 136 valence electrons. The van der Waals surface area contributed by atoms with Crippen LogP contribution in [0.25, 0.3) is 0 Å². The molecule has 0 radical (unpaired) electrons. The smallest absolute Gasteiger partial charge is 0.254 e. The van der Waals surface area contributed by atoms with Crippen LogP contribution in [0.2, 0.25) is 0 Å². The van der Waals surface area contributed by atoms with Gasteiger partial charge in [0.2, 0.25) is 0 Å². The summed E-state index contributed by atoms with van der Waals surface area (Å²) in [5.74, 6) is 1.23. The number of nitrogens with one attached hydrogen (secondary N) is 2. The van der Waals surface area contributed by atoms with Gasteiger partial charge in [-0.2, -0.15) is 5.10 Å². The summed E-state index contributed by atoms with van der Waals surface area (Å²) in [6.07, 6.45) is 5.78. The van der Waals surface area contributed by atoms with E-state index in [0.29, 0.717) is 18.4 Å². The minimum absolute atomic E-state index is 0.180. The Bertz CT molecular complexity index is 817. The van der Waals surface area contributed by atoms with Crippen molar-refractivity contribution in [3.63, 3.8) is 0 Å². The van der Waals surface area contributed by atoms with Gasteiger partial charge in [-0.3, -0.25) is 9.89 Å². The molecule has 1 saturated carbocycles. The van der Waals surface area contributed by atoms with E-state index in [2.05, 4.69) is 27.6 Å². The lowest BCUT2D eigenvalue weighted by Gasteiger charge is -2.31. The summed E-state index contributed by atoms with van der Waals surface area (Å²) in [6, 6.07) is 8.20. The molecular weight excluding hydrogens is 324 g/mol. The lowest BCUT2D eigenvalue weighted by molar-refractivity contribution is 0.0732. The third-order valence-electron chi connectivity index (χ3n) is 6.44. The molecule has 1 aromatic carbocycles. The highest BCUT2D eigenvalue weighted by molar-refractivity contribution is 5.96. The summed E-state index contributed by atoms with van der Waals surface area (Å²) in [5.41, 5.74) is 5.84. The molecule has 2 aromatic rings. The largest absolute Gasteiger partial charge is 0.334 e. The van der Waals surface area contributed by atoms with Crippen molar-refractivity contribution in [1.82, 2.24) is 20.4 Å². The Morgan fingerprint density at radius 3 is 2.81 bits per heavy atom. The van der Waals surface area contributed by atoms with Crippen LogP contribution in [0.15, 0.2) is 24.3 Å². The number of aromatic nitrogens is 2. The average molecular weight is 350 g/mol. The van der Waals surface area contributed by atoms with Crippen LogP contribution >= 0.6 is 0 Å². The number of carbonyl (C=O) groups is 1. The van der Waals surface area contributed by atoms with Crippen LogP contribution in [0.3, 0.4) is 0 Å². The summed E-state index contributed by atoms with van der Waals surface area (Å²) < 4.78 is 0. The number of hydrogen-bond donors (Lipinski definition) is 2. The SMILES string of the molecule is O=C(c1ccccc1[C@H]1CCNC1)N1CCc2[nH]nc(C3CCC3)c2C1. The van der Waals surface area contributed by atoms with Crippen molar-refractivity contribution < 1.29 is 4.79 Å². The molecule has 1 saturated heterocycles. The molecule has 3 aliphatic rings. The zero-order valence-electron chi connectivity index (χ0n) is 15.1. The number of nitrogens with zero attached hydrogens (tertiary/aromatic N) is 2. The lowest BCUT2D eigenvalue weighted by Crippen LogP contribution is -2.37. The minimum Gasteiger partial charge on any atom is -0.334 e. The number of benzene rings is 1. The highest BCUT2D eigenvalue weighted by Crippen LogP contribution is 2.39. The van der Waals surface area contributed by atoms with Gasteiger partial charge in [0, 0.05) is 48.8 Å². The Kier molecular flexibility index (Phi) is 4.04. The van der Waals surface area contributed by atoms with Gasteiger partial charge in [0.05, 0.1) is 5.69 Å². The molecule has 26 heavy (non-hydrogen) atoms. The van der Waals surface area contributed by atoms with Crippen molar-refractivity contribution in [3.05, 3.63) is 52.3 Å². The molecule has 1 atom stereocenters. The van der Waals surface area contributed by atoms with Crippen LogP contribution in [-0.2, 0) is 13.0 Å². The monoisotopic (exact) mass is 350 g/mol. The molecule has 1 aliphatic carbocycles. The van der Waals surface area contributed by atoms with E-state index >= 15 is 0 Å². The Morgan fingerprint density at radius 1 is 1.15 bits per heavy atom. The van der Waals surface area contributed by atoms with Crippen molar-refractivity contribution in [2.24, 2.45) is 0 Å². The normalized spacial score (nSPS) is 22.9. The van der Waals surface area contributed by atoms with Crippen LogP contribution in [-0.4, -0.2) is 40.6 Å². The second kappa shape index (κ2) is 6.54. The molecule has 0 unspecified atom stereocenters. The van der Waals surface area contributed by atoms with Gasteiger partial charge in [-0.15, -0.1) is 0 Å². The molecule has 5 heteroatoms. The van der Waals surface area contributed by atoms with Gasteiger partial charge in [-0.05, 0) is 43.4 Å². The summed E-state index contributed by atoms with van der Waals surface area (Å²) >= 11 is 0. The van der Waals surface area contributed by atoms with Gasteiger partial charge in [0.1, 0.15) is 0 Å². The number of fused-ring (bicyclic) bond motifs is 1. The molecule has 2 fully saturated rings. The first kappa shape index (κ1) is 16.1. The van der Waals surface area contributed by atoms with E-state index in [1.807, 2.05) is 17.0 Å². The topological polar surface area (TPSA) is 61.0 Å². The highest BCUT2D eigenvalue weighted by Gasteiger charge is 2.32. The van der Waals surface area contributed by atoms with Crippen molar-refractivity contribution in [2.45, 2.75) is 50.5 Å². The van der Waals surface area contributed by atoms with Crippen LogP contribution < -0.4 is 5.32 Å². The molecule has 2 aliphatic heterocycles. The van der Waals surface area contributed by atoms with E-state index in [9.17, 15) is 4.79 Å². The summed E-state index contributed by atoms with van der Waals surface area (Å²) in [4.78, 5) is 15.4. The van der Waals surface area contributed by atoms with Gasteiger partial charge in [-0.25, -0.2) is 0 Å². The molecule has 0 bridgehead atoms. The number of aromatic amines is 1. The van der Waals surface area contributed by atoms with Gasteiger partial charge in [-0.1, -0.05) is 24.6 Å². The van der Waals surface area contributed by atoms with Crippen molar-refractivity contribution >= 4 is 5.91 Å². The molecular formula is C21H26N4O. The maximum atomic E-state index is 13.3. The Balaban J connectivity index is 1.41. The Labute approximate surface area is 154 Å². The fourth-order valence-corrected chi connectivity index (χ4v) is 4.65. The predicted molar refractivity (Wildman–Crippen MR) is 100 cm³/mol. The van der Waals surface area contributed by atoms with Gasteiger partial charge in [0.25, 0.3) is 5.91 Å². The number of H-pyrrole nitrogens is 1. The quantitative estimate of drug-likeness (QED) is 0.895. The number of amides is 1. The van der Waals surface area contributed by atoms with E-state index in [1.165, 1.54) is 41.8 Å². The molecule has 3 heterocycles. The van der Waals surface area contributed by atoms with Crippen molar-refractivity contribution in [2.75, 3.05) is 19.6 Å². The van der Waals surface area contributed by atoms with Crippen LogP contribution in [0, 0.1) is 0 Å². The summed E-state index contributed by atoms with van der Waals surface area (Å²) in [5, 5.41) is 11.3. The van der Waals surface area contributed by atoms with Crippen molar-refractivity contribution in [1.29, 1.82) is 0 Å². The van der Waals surface area contributed by atoms with Crippen LogP contribution in [0.4, 0.5) is 0 Å². The highest BCUT2D eigenvalue weighted by atomic mass is 16.2. The maximum Gasteiger partial charge on any atom is 0.254 e. The molecule has 1 amide bonds. The first-order chi connectivity index (χ1) is 12.8. The third-order valence-corrected chi connectivity index (χ3v) is 6.44. The second-order valence-electron chi connectivity index (χ2n) is 7.95. The fraction of sp³-hybridized carbons (Fsp3) is 0.524. The van der Waals surface area contributed by atoms with E-state index < -0.39 is 0 Å². The zero-order valence-corrected chi connectivity index (χ0v) is 15.1. The lowest BCUT2D eigenvalue weighted by atomic mass is 9.80. The average Bonchev–Trinajstić information content (AvgIpc) is 3.30. The molecule has 5 nitrogen and oxygen atoms in total. The van der Waals surface area contributed by atoms with E-state index in [1.54, 1.807) is 0 Å². The van der Waals surface area contributed by atoms with Crippen molar-refractivity contribution in [3.8, 4) is 0 Å². The summed E-state index contributed by atoms with van der Waals surface area (Å²) in [7, 11) is 0. The zero-order chi connectivity index (χ0) is 17.5. The molecule has 2 N–H and O–H groups in total. The van der Waals surface area contributed by atoms with Gasteiger partial charge in [0.15, 0.2) is 0 Å². The van der Waals surface area contributed by atoms with E-state index in [4.69, 9.17) is 0 Å². The Morgan fingerprint density at radius 2 is 2.04 bits per heavy atom. The number of carbonyl (C=O) groups excluding carboxylic acids is 1. The van der Waals surface area contributed by atoms with Crippen LogP contribution in [0.1, 0.15) is 70.4 Å². The second-order valence-corrected chi connectivity index (χ2v) is 7.95. The van der Waals surface area contributed by atoms with Gasteiger partial charge >= 0.3 is 0 Å². The van der Waals surface area contributed by atoms with E-state index in [0.717, 1.165) is 38.0 Å². The maximum absolute atomic E-state index is 13.3. The number of rotatable bonds is 3.